The van der Waals surface area contributed by atoms with Crippen LogP contribution in [0.4, 0.5) is 0 Å². The van der Waals surface area contributed by atoms with Crippen LogP contribution in [0.2, 0.25) is 5.02 Å². The van der Waals surface area contributed by atoms with Crippen LogP contribution in [0.25, 0.3) is 0 Å². The molecule has 92 valence electrons. The lowest BCUT2D eigenvalue weighted by Crippen LogP contribution is -2.47. The Balaban J connectivity index is 1.83. The molecular weight excluding hydrogens is 240 g/mol. The Labute approximate surface area is 105 Å². The Morgan fingerprint density at radius 2 is 2.47 bits per heavy atom. The minimum Gasteiger partial charge on any atom is -0.366 e. The fourth-order valence-corrected chi connectivity index (χ4v) is 1.90. The summed E-state index contributed by atoms with van der Waals surface area (Å²) >= 11 is 5.86. The van der Waals surface area contributed by atoms with Gasteiger partial charge >= 0.3 is 0 Å². The number of carbonyl (C=O) groups is 1. The molecule has 1 amide bonds. The van der Waals surface area contributed by atoms with Gasteiger partial charge in [-0.05, 0) is 17.7 Å². The highest BCUT2D eigenvalue weighted by molar-refractivity contribution is 6.30. The van der Waals surface area contributed by atoms with Gasteiger partial charge in [-0.15, -0.1) is 0 Å². The summed E-state index contributed by atoms with van der Waals surface area (Å²) in [4.78, 5) is 11.7. The number of halogens is 1. The van der Waals surface area contributed by atoms with Gasteiger partial charge in [-0.1, -0.05) is 23.7 Å². The summed E-state index contributed by atoms with van der Waals surface area (Å²) < 4.78 is 5.35. The first-order valence-electron chi connectivity index (χ1n) is 5.60. The molecule has 2 rings (SSSR count). The van der Waals surface area contributed by atoms with Gasteiger partial charge < -0.3 is 15.4 Å². The number of morpholine rings is 1. The van der Waals surface area contributed by atoms with E-state index in [0.717, 1.165) is 12.1 Å². The zero-order valence-electron chi connectivity index (χ0n) is 9.41. The molecule has 1 aromatic carbocycles. The maximum Gasteiger partial charge on any atom is 0.250 e. The predicted molar refractivity (Wildman–Crippen MR) is 65.9 cm³/mol. The zero-order chi connectivity index (χ0) is 12.1. The van der Waals surface area contributed by atoms with E-state index in [9.17, 15) is 4.79 Å². The lowest BCUT2D eigenvalue weighted by molar-refractivity contribution is -0.134. The van der Waals surface area contributed by atoms with E-state index >= 15 is 0 Å². The highest BCUT2D eigenvalue weighted by atomic mass is 35.5. The monoisotopic (exact) mass is 254 g/mol. The second-order valence-corrected chi connectivity index (χ2v) is 4.35. The van der Waals surface area contributed by atoms with Crippen LogP contribution in [0.3, 0.4) is 0 Å². The van der Waals surface area contributed by atoms with Crippen molar-refractivity contribution >= 4 is 17.5 Å². The summed E-state index contributed by atoms with van der Waals surface area (Å²) in [5, 5.41) is 6.62. The van der Waals surface area contributed by atoms with Crippen molar-refractivity contribution in [1.29, 1.82) is 0 Å². The van der Waals surface area contributed by atoms with E-state index < -0.39 is 0 Å². The average molecular weight is 255 g/mol. The van der Waals surface area contributed by atoms with E-state index in [-0.39, 0.29) is 12.0 Å². The molecule has 0 bridgehead atoms. The van der Waals surface area contributed by atoms with E-state index in [0.29, 0.717) is 24.7 Å². The largest absolute Gasteiger partial charge is 0.366 e. The van der Waals surface area contributed by atoms with Crippen LogP contribution in [-0.2, 0) is 16.1 Å². The fraction of sp³-hybridized carbons (Fsp3) is 0.417. The number of hydrogen-bond acceptors (Lipinski definition) is 3. The van der Waals surface area contributed by atoms with E-state index in [1.807, 2.05) is 18.2 Å². The molecular formula is C12H15ClN2O2. The molecule has 4 nitrogen and oxygen atoms in total. The quantitative estimate of drug-likeness (QED) is 0.844. The van der Waals surface area contributed by atoms with Gasteiger partial charge in [0.25, 0.3) is 5.91 Å². The third-order valence-corrected chi connectivity index (χ3v) is 2.81. The van der Waals surface area contributed by atoms with Crippen molar-refractivity contribution in [1.82, 2.24) is 10.6 Å². The molecule has 1 unspecified atom stereocenters. The molecule has 1 aliphatic rings. The Bertz CT molecular complexity index is 392. The molecule has 1 saturated heterocycles. The van der Waals surface area contributed by atoms with E-state index in [2.05, 4.69) is 10.6 Å². The average Bonchev–Trinajstić information content (AvgIpc) is 2.37. The van der Waals surface area contributed by atoms with Gasteiger partial charge in [0.1, 0.15) is 6.10 Å². The third kappa shape index (κ3) is 3.70. The van der Waals surface area contributed by atoms with Gasteiger partial charge in [0, 0.05) is 24.7 Å². The normalized spacial score (nSPS) is 19.9. The van der Waals surface area contributed by atoms with Crippen LogP contribution < -0.4 is 10.6 Å². The van der Waals surface area contributed by atoms with E-state index in [1.165, 1.54) is 0 Å². The van der Waals surface area contributed by atoms with Gasteiger partial charge in [-0.3, -0.25) is 4.79 Å². The molecule has 0 radical (unpaired) electrons. The second kappa shape index (κ2) is 6.00. The summed E-state index contributed by atoms with van der Waals surface area (Å²) in [5.74, 6) is -0.0859. The Kier molecular flexibility index (Phi) is 4.36. The predicted octanol–water partition coefficient (Wildman–Crippen LogP) is 0.945. The molecule has 1 fully saturated rings. The van der Waals surface area contributed by atoms with Crippen LogP contribution in [0.5, 0.6) is 0 Å². The highest BCUT2D eigenvalue weighted by Gasteiger charge is 2.20. The van der Waals surface area contributed by atoms with E-state index in [4.69, 9.17) is 16.3 Å². The van der Waals surface area contributed by atoms with Crippen molar-refractivity contribution in [3.63, 3.8) is 0 Å². The maximum atomic E-state index is 11.7. The Hall–Kier alpha value is -1.10. The summed E-state index contributed by atoms with van der Waals surface area (Å²) in [6, 6.07) is 7.43. The first-order chi connectivity index (χ1) is 8.25. The molecule has 0 aliphatic carbocycles. The van der Waals surface area contributed by atoms with Crippen LogP contribution in [0.15, 0.2) is 24.3 Å². The van der Waals surface area contributed by atoms with Crippen molar-refractivity contribution in [2.45, 2.75) is 12.6 Å². The molecule has 0 spiro atoms. The SMILES string of the molecule is O=C(NCc1cccc(Cl)c1)C1CNCCO1. The second-order valence-electron chi connectivity index (χ2n) is 3.91. The lowest BCUT2D eigenvalue weighted by Gasteiger charge is -2.22. The highest BCUT2D eigenvalue weighted by Crippen LogP contribution is 2.10. The molecule has 1 aromatic rings. The van der Waals surface area contributed by atoms with Crippen molar-refractivity contribution in [3.05, 3.63) is 34.9 Å². The summed E-state index contributed by atoms with van der Waals surface area (Å²) in [5.41, 5.74) is 0.981. The zero-order valence-corrected chi connectivity index (χ0v) is 10.2. The molecule has 1 aliphatic heterocycles. The topological polar surface area (TPSA) is 50.4 Å². The molecule has 0 aromatic heterocycles. The lowest BCUT2D eigenvalue weighted by atomic mass is 10.2. The number of hydrogen-bond donors (Lipinski definition) is 2. The van der Waals surface area contributed by atoms with Crippen molar-refractivity contribution in [2.24, 2.45) is 0 Å². The van der Waals surface area contributed by atoms with Crippen molar-refractivity contribution in [2.75, 3.05) is 19.7 Å². The number of ether oxygens (including phenoxy) is 1. The smallest absolute Gasteiger partial charge is 0.250 e. The first-order valence-corrected chi connectivity index (χ1v) is 5.98. The number of carbonyl (C=O) groups excluding carboxylic acids is 1. The van der Waals surface area contributed by atoms with E-state index in [1.54, 1.807) is 6.07 Å². The molecule has 1 heterocycles. The fourth-order valence-electron chi connectivity index (χ4n) is 1.68. The molecule has 1 atom stereocenters. The number of benzene rings is 1. The van der Waals surface area contributed by atoms with Gasteiger partial charge in [0.2, 0.25) is 0 Å². The summed E-state index contributed by atoms with van der Waals surface area (Å²) in [6.45, 7) is 2.42. The Morgan fingerprint density at radius 1 is 1.59 bits per heavy atom. The molecule has 2 N–H and O–H groups in total. The standard InChI is InChI=1S/C12H15ClN2O2/c13-10-3-1-2-9(6-10)7-15-12(16)11-8-14-4-5-17-11/h1-3,6,11,14H,4-5,7-8H2,(H,15,16). The van der Waals surface area contributed by atoms with Crippen molar-refractivity contribution < 1.29 is 9.53 Å². The maximum absolute atomic E-state index is 11.7. The summed E-state index contributed by atoms with van der Waals surface area (Å²) in [7, 11) is 0. The van der Waals surface area contributed by atoms with Gasteiger partial charge in [0.15, 0.2) is 0 Å². The van der Waals surface area contributed by atoms with Crippen molar-refractivity contribution in [3.8, 4) is 0 Å². The molecule has 5 heteroatoms. The van der Waals surface area contributed by atoms with Crippen LogP contribution in [0.1, 0.15) is 5.56 Å². The van der Waals surface area contributed by atoms with Crippen LogP contribution in [0, 0.1) is 0 Å². The van der Waals surface area contributed by atoms with Crippen LogP contribution >= 0.6 is 11.6 Å². The number of nitrogens with one attached hydrogen (secondary N) is 2. The number of amides is 1. The molecule has 0 saturated carbocycles. The third-order valence-electron chi connectivity index (χ3n) is 2.58. The van der Waals surface area contributed by atoms with Gasteiger partial charge in [-0.25, -0.2) is 0 Å². The number of rotatable bonds is 3. The van der Waals surface area contributed by atoms with Gasteiger partial charge in [0.05, 0.1) is 6.61 Å². The minimum absolute atomic E-state index is 0.0859. The minimum atomic E-state index is -0.386. The van der Waals surface area contributed by atoms with Gasteiger partial charge in [-0.2, -0.15) is 0 Å². The summed E-state index contributed by atoms with van der Waals surface area (Å²) in [6.07, 6.45) is -0.386. The molecule has 17 heavy (non-hydrogen) atoms. The Morgan fingerprint density at radius 3 is 3.18 bits per heavy atom. The van der Waals surface area contributed by atoms with Crippen LogP contribution in [-0.4, -0.2) is 31.7 Å². The first kappa shape index (κ1) is 12.4.